The Morgan fingerprint density at radius 1 is 1.23 bits per heavy atom. The van der Waals surface area contributed by atoms with Gasteiger partial charge >= 0.3 is 0 Å². The number of amides is 1. The lowest BCUT2D eigenvalue weighted by atomic mass is 10.0. The van der Waals surface area contributed by atoms with Gasteiger partial charge in [-0.3, -0.25) is 9.69 Å². The van der Waals surface area contributed by atoms with Gasteiger partial charge in [-0.15, -0.1) is 0 Å². The number of nitrogens with zero attached hydrogens (tertiary/aromatic N) is 1. The van der Waals surface area contributed by atoms with E-state index in [9.17, 15) is 4.79 Å². The monoisotopic (exact) mass is 350 g/mol. The SMILES string of the molecule is C=CCOc1ccc(CN(C)C(C(=O)NC2CC2)c2ccccc2)cc1. The molecule has 1 fully saturated rings. The van der Waals surface area contributed by atoms with E-state index >= 15 is 0 Å². The molecular weight excluding hydrogens is 324 g/mol. The van der Waals surface area contributed by atoms with Gasteiger partial charge in [-0.05, 0) is 43.1 Å². The molecule has 3 rings (SSSR count). The van der Waals surface area contributed by atoms with Crippen molar-refractivity contribution in [1.29, 1.82) is 0 Å². The molecule has 1 amide bonds. The molecule has 1 atom stereocenters. The third-order valence-electron chi connectivity index (χ3n) is 4.45. The lowest BCUT2D eigenvalue weighted by Gasteiger charge is -2.27. The molecule has 2 aromatic rings. The Bertz CT molecular complexity index is 724. The Morgan fingerprint density at radius 2 is 1.92 bits per heavy atom. The summed E-state index contributed by atoms with van der Waals surface area (Å²) >= 11 is 0. The molecule has 0 spiro atoms. The topological polar surface area (TPSA) is 41.6 Å². The first-order valence-corrected chi connectivity index (χ1v) is 9.05. The maximum Gasteiger partial charge on any atom is 0.242 e. The molecule has 0 aliphatic heterocycles. The molecule has 0 radical (unpaired) electrons. The molecule has 2 aromatic carbocycles. The largest absolute Gasteiger partial charge is 0.490 e. The zero-order valence-electron chi connectivity index (χ0n) is 15.2. The molecule has 4 nitrogen and oxygen atoms in total. The molecule has 136 valence electrons. The first-order chi connectivity index (χ1) is 12.7. The summed E-state index contributed by atoms with van der Waals surface area (Å²) in [7, 11) is 1.99. The van der Waals surface area contributed by atoms with Gasteiger partial charge in [-0.25, -0.2) is 0 Å². The molecule has 1 saturated carbocycles. The number of likely N-dealkylation sites (N-methyl/N-ethyl adjacent to an activating group) is 1. The third kappa shape index (κ3) is 4.96. The van der Waals surface area contributed by atoms with Gasteiger partial charge in [0.1, 0.15) is 18.4 Å². The Hall–Kier alpha value is -2.59. The number of carbonyl (C=O) groups is 1. The van der Waals surface area contributed by atoms with Gasteiger partial charge in [0.05, 0.1) is 0 Å². The highest BCUT2D eigenvalue weighted by Gasteiger charge is 2.30. The van der Waals surface area contributed by atoms with Crippen LogP contribution in [0.2, 0.25) is 0 Å². The fraction of sp³-hybridized carbons (Fsp3) is 0.318. The number of benzene rings is 2. The number of hydrogen-bond donors (Lipinski definition) is 1. The lowest BCUT2D eigenvalue weighted by molar-refractivity contribution is -0.126. The number of rotatable bonds is 9. The quantitative estimate of drug-likeness (QED) is 0.701. The van der Waals surface area contributed by atoms with Crippen LogP contribution in [0.3, 0.4) is 0 Å². The van der Waals surface area contributed by atoms with Gasteiger partial charge in [0.2, 0.25) is 5.91 Å². The van der Waals surface area contributed by atoms with Crippen molar-refractivity contribution in [2.75, 3.05) is 13.7 Å². The van der Waals surface area contributed by atoms with Gasteiger partial charge in [0.25, 0.3) is 0 Å². The number of nitrogens with one attached hydrogen (secondary N) is 1. The molecule has 1 aliphatic carbocycles. The average Bonchev–Trinajstić information content (AvgIpc) is 3.46. The fourth-order valence-corrected chi connectivity index (χ4v) is 2.97. The molecule has 26 heavy (non-hydrogen) atoms. The summed E-state index contributed by atoms with van der Waals surface area (Å²) in [4.78, 5) is 14.9. The second kappa shape index (κ2) is 8.68. The van der Waals surface area contributed by atoms with Crippen LogP contribution >= 0.6 is 0 Å². The van der Waals surface area contributed by atoms with Crippen molar-refractivity contribution in [3.8, 4) is 5.75 Å². The van der Waals surface area contributed by atoms with E-state index in [2.05, 4.69) is 16.8 Å². The Morgan fingerprint density at radius 3 is 2.54 bits per heavy atom. The average molecular weight is 350 g/mol. The molecule has 1 N–H and O–H groups in total. The van der Waals surface area contributed by atoms with E-state index in [1.807, 2.05) is 61.6 Å². The van der Waals surface area contributed by atoms with Crippen LogP contribution in [-0.2, 0) is 11.3 Å². The summed E-state index contributed by atoms with van der Waals surface area (Å²) < 4.78 is 5.53. The van der Waals surface area contributed by atoms with Crippen molar-refractivity contribution in [3.63, 3.8) is 0 Å². The van der Waals surface area contributed by atoms with E-state index < -0.39 is 0 Å². The van der Waals surface area contributed by atoms with Gasteiger partial charge in [-0.1, -0.05) is 55.1 Å². The minimum Gasteiger partial charge on any atom is -0.490 e. The van der Waals surface area contributed by atoms with Crippen molar-refractivity contribution in [2.24, 2.45) is 0 Å². The van der Waals surface area contributed by atoms with E-state index in [1.165, 1.54) is 0 Å². The Kier molecular flexibility index (Phi) is 6.08. The number of hydrogen-bond acceptors (Lipinski definition) is 3. The summed E-state index contributed by atoms with van der Waals surface area (Å²) in [6.45, 7) is 4.83. The first kappa shape index (κ1) is 18.2. The zero-order valence-corrected chi connectivity index (χ0v) is 15.2. The summed E-state index contributed by atoms with van der Waals surface area (Å²) in [6, 6.07) is 18.0. The molecule has 0 saturated heterocycles. The van der Waals surface area contributed by atoms with Crippen LogP contribution in [0.15, 0.2) is 67.3 Å². The Balaban J connectivity index is 1.71. The minimum absolute atomic E-state index is 0.0761. The van der Waals surface area contributed by atoms with E-state index in [1.54, 1.807) is 6.08 Å². The van der Waals surface area contributed by atoms with E-state index in [4.69, 9.17) is 4.74 Å². The summed E-state index contributed by atoms with van der Waals surface area (Å²) in [5.74, 6) is 0.898. The van der Waals surface area contributed by atoms with Crippen molar-refractivity contribution in [3.05, 3.63) is 78.4 Å². The molecule has 4 heteroatoms. The summed E-state index contributed by atoms with van der Waals surface area (Å²) in [5, 5.41) is 3.14. The highest BCUT2D eigenvalue weighted by molar-refractivity contribution is 5.83. The Labute approximate surface area is 155 Å². The predicted octanol–water partition coefficient (Wildman–Crippen LogP) is 3.70. The van der Waals surface area contributed by atoms with Crippen LogP contribution in [-0.4, -0.2) is 30.5 Å². The predicted molar refractivity (Wildman–Crippen MR) is 104 cm³/mol. The highest BCUT2D eigenvalue weighted by atomic mass is 16.5. The lowest BCUT2D eigenvalue weighted by Crippen LogP contribution is -2.39. The van der Waals surface area contributed by atoms with E-state index in [0.717, 1.165) is 29.7 Å². The zero-order chi connectivity index (χ0) is 18.4. The van der Waals surface area contributed by atoms with Gasteiger partial charge in [0, 0.05) is 12.6 Å². The minimum atomic E-state index is -0.298. The third-order valence-corrected chi connectivity index (χ3v) is 4.45. The first-order valence-electron chi connectivity index (χ1n) is 9.05. The van der Waals surface area contributed by atoms with Crippen molar-refractivity contribution in [2.45, 2.75) is 31.5 Å². The van der Waals surface area contributed by atoms with Crippen molar-refractivity contribution < 1.29 is 9.53 Å². The standard InChI is InChI=1S/C22H26N2O2/c1-3-15-26-20-13-9-17(10-14-20)16-24(2)21(18-7-5-4-6-8-18)22(25)23-19-11-12-19/h3-10,13-14,19,21H,1,11-12,15-16H2,2H3,(H,23,25). The van der Waals surface area contributed by atoms with Crippen LogP contribution in [0.25, 0.3) is 0 Å². The van der Waals surface area contributed by atoms with Crippen molar-refractivity contribution >= 4 is 5.91 Å². The second-order valence-electron chi connectivity index (χ2n) is 6.75. The van der Waals surface area contributed by atoms with Gasteiger partial charge < -0.3 is 10.1 Å². The van der Waals surface area contributed by atoms with Crippen LogP contribution < -0.4 is 10.1 Å². The smallest absolute Gasteiger partial charge is 0.242 e. The van der Waals surface area contributed by atoms with Gasteiger partial charge in [0.15, 0.2) is 0 Å². The van der Waals surface area contributed by atoms with Crippen molar-refractivity contribution in [1.82, 2.24) is 10.2 Å². The summed E-state index contributed by atoms with van der Waals surface area (Å²) in [5.41, 5.74) is 2.15. The molecule has 1 aliphatic rings. The second-order valence-corrected chi connectivity index (χ2v) is 6.75. The fourth-order valence-electron chi connectivity index (χ4n) is 2.97. The highest BCUT2D eigenvalue weighted by Crippen LogP contribution is 2.25. The molecule has 0 aromatic heterocycles. The van der Waals surface area contributed by atoms with E-state index in [0.29, 0.717) is 19.2 Å². The van der Waals surface area contributed by atoms with Gasteiger partial charge in [-0.2, -0.15) is 0 Å². The van der Waals surface area contributed by atoms with E-state index in [-0.39, 0.29) is 11.9 Å². The molecule has 0 bridgehead atoms. The maximum atomic E-state index is 12.8. The number of ether oxygens (including phenoxy) is 1. The maximum absolute atomic E-state index is 12.8. The van der Waals surface area contributed by atoms with Crippen LogP contribution in [0.5, 0.6) is 5.75 Å². The molecule has 0 heterocycles. The molecule has 1 unspecified atom stereocenters. The summed E-state index contributed by atoms with van der Waals surface area (Å²) in [6.07, 6.45) is 3.90. The van der Waals surface area contributed by atoms with Crippen LogP contribution in [0.1, 0.15) is 30.0 Å². The van der Waals surface area contributed by atoms with Crippen LogP contribution in [0, 0.1) is 0 Å². The van der Waals surface area contributed by atoms with Crippen LogP contribution in [0.4, 0.5) is 0 Å². The normalized spacial score (nSPS) is 14.7. The number of carbonyl (C=O) groups excluding carboxylic acids is 1. The molecular formula is C22H26N2O2.